The molecule has 2 rings (SSSR count). The number of nitrogens with two attached hydrogens (primary N) is 4. The van der Waals surface area contributed by atoms with Crippen LogP contribution >= 0.6 is 0 Å². The van der Waals surface area contributed by atoms with Crippen LogP contribution in [0.5, 0.6) is 0 Å². The fraction of sp³-hybridized carbons (Fsp3) is 1.00. The normalized spacial score (nSPS) is 43.4. The summed E-state index contributed by atoms with van der Waals surface area (Å²) in [4.78, 5) is 0. The fourth-order valence-corrected chi connectivity index (χ4v) is 4.02. The topological polar surface area (TPSA) is 192 Å². The monoisotopic (exact) mass is 420 g/mol. The van der Waals surface area contributed by atoms with Crippen molar-refractivity contribution in [3.05, 3.63) is 0 Å². The average Bonchev–Trinajstić information content (AvgIpc) is 2.69. The van der Waals surface area contributed by atoms with Gasteiger partial charge in [0.25, 0.3) is 0 Å². The molecule has 0 aromatic heterocycles. The van der Waals surface area contributed by atoms with Gasteiger partial charge in [0.05, 0.1) is 12.1 Å². The first-order valence-electron chi connectivity index (χ1n) is 10.7. The van der Waals surface area contributed by atoms with Crippen molar-refractivity contribution in [1.82, 2.24) is 0 Å². The minimum atomic E-state index is -1.27. The Morgan fingerprint density at radius 2 is 1.59 bits per heavy atom. The maximum Gasteiger partial charge on any atom is 0.176 e. The second-order valence-corrected chi connectivity index (χ2v) is 8.24. The lowest BCUT2D eigenvalue weighted by Crippen LogP contribution is -2.67. The third-order valence-electron chi connectivity index (χ3n) is 5.89. The van der Waals surface area contributed by atoms with Gasteiger partial charge in [-0.1, -0.05) is 32.6 Å². The van der Waals surface area contributed by atoms with Crippen LogP contribution in [-0.2, 0) is 14.2 Å². The molecule has 172 valence electrons. The average molecular weight is 421 g/mol. The van der Waals surface area contributed by atoms with Crippen molar-refractivity contribution in [2.24, 2.45) is 22.9 Å². The first kappa shape index (κ1) is 24.9. The van der Waals surface area contributed by atoms with Gasteiger partial charge < -0.3 is 52.5 Å². The quantitative estimate of drug-likeness (QED) is 0.192. The molecule has 10 heteroatoms. The van der Waals surface area contributed by atoms with Gasteiger partial charge in [0, 0.05) is 25.2 Å². The summed E-state index contributed by atoms with van der Waals surface area (Å²) >= 11 is 0. The zero-order chi connectivity index (χ0) is 21.6. The second kappa shape index (κ2) is 11.8. The number of aliphatic hydroxyl groups excluding tert-OH is 3. The third-order valence-corrected chi connectivity index (χ3v) is 5.89. The van der Waals surface area contributed by atoms with Crippen LogP contribution in [0.15, 0.2) is 0 Å². The predicted octanol–water partition coefficient (Wildman–Crippen LogP) is -2.12. The Morgan fingerprint density at radius 3 is 2.24 bits per heavy atom. The van der Waals surface area contributed by atoms with E-state index in [0.29, 0.717) is 6.61 Å². The van der Waals surface area contributed by atoms with E-state index in [1.54, 1.807) is 0 Å². The van der Waals surface area contributed by atoms with E-state index in [-0.39, 0.29) is 13.0 Å². The molecule has 1 aliphatic heterocycles. The molecule has 11 N–H and O–H groups in total. The summed E-state index contributed by atoms with van der Waals surface area (Å²) in [6.45, 7) is 2.67. The zero-order valence-electron chi connectivity index (χ0n) is 17.3. The molecule has 0 radical (unpaired) electrons. The smallest absolute Gasteiger partial charge is 0.176 e. The van der Waals surface area contributed by atoms with Crippen LogP contribution in [0.4, 0.5) is 0 Å². The molecule has 1 saturated heterocycles. The van der Waals surface area contributed by atoms with Crippen molar-refractivity contribution in [1.29, 1.82) is 0 Å². The summed E-state index contributed by atoms with van der Waals surface area (Å²) in [6.07, 6.45) is -1.10. The molecule has 0 spiro atoms. The van der Waals surface area contributed by atoms with E-state index in [1.165, 1.54) is 6.42 Å². The van der Waals surface area contributed by atoms with E-state index in [9.17, 15) is 15.3 Å². The first-order valence-corrected chi connectivity index (χ1v) is 10.7. The number of aliphatic hydroxyl groups is 3. The highest BCUT2D eigenvalue weighted by molar-refractivity contribution is 4.99. The lowest BCUT2D eigenvalue weighted by atomic mass is 9.84. The zero-order valence-corrected chi connectivity index (χ0v) is 17.3. The minimum absolute atomic E-state index is 0.0525. The highest BCUT2D eigenvalue weighted by Crippen LogP contribution is 2.28. The maximum atomic E-state index is 10.5. The van der Waals surface area contributed by atoms with Crippen LogP contribution in [0, 0.1) is 0 Å². The third kappa shape index (κ3) is 6.30. The van der Waals surface area contributed by atoms with Gasteiger partial charge in [0.15, 0.2) is 6.29 Å². The molecule has 1 saturated carbocycles. The van der Waals surface area contributed by atoms with Crippen molar-refractivity contribution in [2.75, 3.05) is 13.2 Å². The summed E-state index contributed by atoms with van der Waals surface area (Å²) < 4.78 is 17.5. The molecule has 10 atom stereocenters. The van der Waals surface area contributed by atoms with Crippen LogP contribution < -0.4 is 22.9 Å². The number of hydrogen-bond acceptors (Lipinski definition) is 10. The minimum Gasteiger partial charge on any atom is -0.389 e. The molecule has 29 heavy (non-hydrogen) atoms. The Morgan fingerprint density at radius 1 is 0.897 bits per heavy atom. The molecule has 0 aromatic carbocycles. The van der Waals surface area contributed by atoms with Crippen molar-refractivity contribution >= 4 is 0 Å². The van der Waals surface area contributed by atoms with Gasteiger partial charge in [0.1, 0.15) is 30.5 Å². The van der Waals surface area contributed by atoms with Crippen molar-refractivity contribution < 1.29 is 29.5 Å². The Bertz CT molecular complexity index is 476. The summed E-state index contributed by atoms with van der Waals surface area (Å²) in [5.41, 5.74) is 23.9. The van der Waals surface area contributed by atoms with E-state index in [1.807, 2.05) is 0 Å². The second-order valence-electron chi connectivity index (χ2n) is 8.24. The number of hydrogen-bond donors (Lipinski definition) is 7. The molecule has 0 unspecified atom stereocenters. The van der Waals surface area contributed by atoms with Crippen LogP contribution in [0.1, 0.15) is 45.4 Å². The van der Waals surface area contributed by atoms with Crippen LogP contribution in [0.25, 0.3) is 0 Å². The van der Waals surface area contributed by atoms with Crippen LogP contribution in [-0.4, -0.2) is 89.5 Å². The molecule has 1 heterocycles. The van der Waals surface area contributed by atoms with Gasteiger partial charge in [-0.15, -0.1) is 0 Å². The van der Waals surface area contributed by atoms with Gasteiger partial charge in [0.2, 0.25) is 0 Å². The summed E-state index contributed by atoms with van der Waals surface area (Å²) in [6, 6.07) is -2.04. The van der Waals surface area contributed by atoms with E-state index in [0.717, 1.165) is 25.7 Å². The van der Waals surface area contributed by atoms with E-state index in [4.69, 9.17) is 37.1 Å². The van der Waals surface area contributed by atoms with E-state index < -0.39 is 61.0 Å². The predicted molar refractivity (Wildman–Crippen MR) is 108 cm³/mol. The Kier molecular flexibility index (Phi) is 10.2. The Balaban J connectivity index is 1.98. The summed E-state index contributed by atoms with van der Waals surface area (Å²) in [5, 5.41) is 31.0. The molecule has 0 aromatic rings. The molecule has 0 amide bonds. The van der Waals surface area contributed by atoms with Crippen molar-refractivity contribution in [3.63, 3.8) is 0 Å². The lowest BCUT2D eigenvalue weighted by Gasteiger charge is -2.46. The fourth-order valence-electron chi connectivity index (χ4n) is 4.02. The van der Waals surface area contributed by atoms with Gasteiger partial charge in [-0.3, -0.25) is 0 Å². The molecule has 10 nitrogen and oxygen atoms in total. The largest absolute Gasteiger partial charge is 0.389 e. The molecule has 0 bridgehead atoms. The van der Waals surface area contributed by atoms with Gasteiger partial charge >= 0.3 is 0 Å². The summed E-state index contributed by atoms with van der Waals surface area (Å²) in [5.74, 6) is 0. The maximum absolute atomic E-state index is 10.5. The van der Waals surface area contributed by atoms with E-state index in [2.05, 4.69) is 6.92 Å². The molecule has 2 aliphatic rings. The molecule has 1 aliphatic carbocycles. The SMILES string of the molecule is CCCCCCCO[C@@H]1[C@@H](N)[C@@H](O[C@H]2[C@H](O)[C@@H](O)[C@H](N)C[C@@H]2N)O[C@H](CN)[C@H]1O. The molecular weight excluding hydrogens is 380 g/mol. The first-order chi connectivity index (χ1) is 13.8. The molecular formula is C19H40N4O6. The number of ether oxygens (including phenoxy) is 3. The number of rotatable bonds is 10. The molecule has 2 fully saturated rings. The van der Waals surface area contributed by atoms with E-state index >= 15 is 0 Å². The Labute approximate surface area is 172 Å². The summed E-state index contributed by atoms with van der Waals surface area (Å²) in [7, 11) is 0. The van der Waals surface area contributed by atoms with Crippen molar-refractivity contribution in [3.8, 4) is 0 Å². The van der Waals surface area contributed by atoms with Crippen LogP contribution in [0.2, 0.25) is 0 Å². The van der Waals surface area contributed by atoms with Crippen LogP contribution in [0.3, 0.4) is 0 Å². The van der Waals surface area contributed by atoms with Gasteiger partial charge in [-0.05, 0) is 12.8 Å². The lowest BCUT2D eigenvalue weighted by molar-refractivity contribution is -0.292. The highest BCUT2D eigenvalue weighted by Gasteiger charge is 2.48. The highest BCUT2D eigenvalue weighted by atomic mass is 16.7. The standard InChI is InChI=1S/C19H40N4O6/c1-2-3-4-5-6-7-27-18-13(23)19(28-12(9-20)15(18)25)29-17-11(22)8-10(21)14(24)16(17)26/h10-19,24-26H,2-9,20-23H2,1H3/t10-,11+,12-,13-,14+,15-,16-,17-,18-,19-/m1/s1. The number of unbranched alkanes of at least 4 members (excludes halogenated alkanes) is 4. The Hall–Kier alpha value is -0.400. The van der Waals surface area contributed by atoms with Crippen molar-refractivity contribution in [2.45, 2.75) is 106 Å². The van der Waals surface area contributed by atoms with Gasteiger partial charge in [-0.2, -0.15) is 0 Å². The van der Waals surface area contributed by atoms with Gasteiger partial charge in [-0.25, -0.2) is 0 Å².